The predicted molar refractivity (Wildman–Crippen MR) is 136 cm³/mol. The quantitative estimate of drug-likeness (QED) is 0.443. The Morgan fingerprint density at radius 1 is 1.06 bits per heavy atom. The van der Waals surface area contributed by atoms with E-state index in [0.717, 1.165) is 23.5 Å². The second-order valence-corrected chi connectivity index (χ2v) is 17.3. The third-order valence-electron chi connectivity index (χ3n) is 9.96. The van der Waals surface area contributed by atoms with Crippen molar-refractivity contribution in [1.82, 2.24) is 4.98 Å². The van der Waals surface area contributed by atoms with E-state index < -0.39 is 8.32 Å². The van der Waals surface area contributed by atoms with Gasteiger partial charge in [-0.05, 0) is 121 Å². The van der Waals surface area contributed by atoms with E-state index >= 15 is 0 Å². The number of aryl methyl sites for hydroxylation is 1. The normalized spacial score (nSPS) is 32.1. The Hall–Kier alpha value is -1.61. The summed E-state index contributed by atoms with van der Waals surface area (Å²) in [4.78, 5) is 4.45. The molecule has 5 atom stereocenters. The largest absolute Gasteiger partial charge is 0.543 e. The summed E-state index contributed by atoms with van der Waals surface area (Å²) in [5, 5.41) is 0.231. The first-order chi connectivity index (χ1) is 15.1. The SMILES string of the molecule is CC(C)(C)[Si](C)(C)Oc1ccc2c(c1)CC[C@@H]1[C@@H]2CC[C@]2(C)[C@@H](c3cccnc3)CC[C@@H]12. The van der Waals surface area contributed by atoms with Crippen LogP contribution in [-0.2, 0) is 6.42 Å². The van der Waals surface area contributed by atoms with Crippen LogP contribution in [0.5, 0.6) is 5.75 Å². The summed E-state index contributed by atoms with van der Waals surface area (Å²) in [6.45, 7) is 14.3. The molecule has 0 spiro atoms. The molecule has 172 valence electrons. The summed E-state index contributed by atoms with van der Waals surface area (Å²) in [5.74, 6) is 4.22. The maximum atomic E-state index is 6.65. The van der Waals surface area contributed by atoms with Gasteiger partial charge in [0.25, 0.3) is 0 Å². The molecule has 2 nitrogen and oxygen atoms in total. The highest BCUT2D eigenvalue weighted by atomic mass is 28.4. The van der Waals surface area contributed by atoms with Gasteiger partial charge in [0.1, 0.15) is 5.75 Å². The Bertz CT molecular complexity index is 978. The molecule has 1 heterocycles. The number of fused-ring (bicyclic) bond motifs is 5. The number of rotatable bonds is 3. The van der Waals surface area contributed by atoms with Crippen molar-refractivity contribution in [2.45, 2.75) is 96.2 Å². The van der Waals surface area contributed by atoms with Gasteiger partial charge in [-0.1, -0.05) is 39.8 Å². The third-order valence-corrected chi connectivity index (χ3v) is 14.3. The topological polar surface area (TPSA) is 22.1 Å². The van der Waals surface area contributed by atoms with Crippen LogP contribution in [-0.4, -0.2) is 13.3 Å². The van der Waals surface area contributed by atoms with Crippen molar-refractivity contribution in [1.29, 1.82) is 0 Å². The van der Waals surface area contributed by atoms with Crippen molar-refractivity contribution in [2.75, 3.05) is 0 Å². The van der Waals surface area contributed by atoms with Crippen molar-refractivity contribution in [2.24, 2.45) is 17.3 Å². The molecule has 1 aromatic heterocycles. The van der Waals surface area contributed by atoms with E-state index in [1.807, 2.05) is 6.20 Å². The summed E-state index contributed by atoms with van der Waals surface area (Å²) in [5.41, 5.74) is 5.11. The lowest BCUT2D eigenvalue weighted by atomic mass is 9.53. The van der Waals surface area contributed by atoms with Gasteiger partial charge in [0.15, 0.2) is 0 Å². The van der Waals surface area contributed by atoms with Crippen LogP contribution in [0, 0.1) is 17.3 Å². The van der Waals surface area contributed by atoms with Crippen LogP contribution in [0.4, 0.5) is 0 Å². The summed E-state index contributed by atoms with van der Waals surface area (Å²) in [7, 11) is -1.80. The standard InChI is InChI=1S/C29H41NOSi/c1-28(2,3)32(5,6)31-22-10-12-23-20(18-22)9-11-25-24(23)15-16-29(4)26(13-14-27(25)29)21-8-7-17-30-19-21/h7-8,10,12,17-19,24-27H,9,11,13-16H2,1-6H3/t24-,25-,26-,27+,29-/m1/s1. The van der Waals surface area contributed by atoms with E-state index in [4.69, 9.17) is 4.43 Å². The lowest BCUT2D eigenvalue weighted by Gasteiger charge is -2.51. The first-order valence-electron chi connectivity index (χ1n) is 12.8. The molecule has 0 bridgehead atoms. The highest BCUT2D eigenvalue weighted by Gasteiger charge is 2.55. The van der Waals surface area contributed by atoms with Gasteiger partial charge in [0, 0.05) is 12.4 Å². The molecule has 1 aromatic carbocycles. The third kappa shape index (κ3) is 3.56. The summed E-state index contributed by atoms with van der Waals surface area (Å²) < 4.78 is 6.65. The molecule has 2 fully saturated rings. The molecule has 2 saturated carbocycles. The number of benzene rings is 1. The maximum absolute atomic E-state index is 6.65. The molecule has 0 saturated heterocycles. The summed E-state index contributed by atoms with van der Waals surface area (Å²) in [6, 6.07) is 11.6. The van der Waals surface area contributed by atoms with Gasteiger partial charge in [-0.2, -0.15) is 0 Å². The van der Waals surface area contributed by atoms with Crippen molar-refractivity contribution in [3.05, 3.63) is 59.4 Å². The van der Waals surface area contributed by atoms with E-state index in [1.165, 1.54) is 44.1 Å². The van der Waals surface area contributed by atoms with Crippen LogP contribution >= 0.6 is 0 Å². The highest BCUT2D eigenvalue weighted by molar-refractivity contribution is 6.74. The Morgan fingerprint density at radius 3 is 2.59 bits per heavy atom. The maximum Gasteiger partial charge on any atom is 0.250 e. The predicted octanol–water partition coefficient (Wildman–Crippen LogP) is 8.11. The van der Waals surface area contributed by atoms with Gasteiger partial charge in [-0.3, -0.25) is 4.98 Å². The van der Waals surface area contributed by atoms with Crippen molar-refractivity contribution < 1.29 is 4.43 Å². The van der Waals surface area contributed by atoms with E-state index in [9.17, 15) is 0 Å². The first kappa shape index (κ1) is 22.2. The molecule has 0 aliphatic heterocycles. The average molecular weight is 448 g/mol. The number of nitrogens with zero attached hydrogens (tertiary/aromatic N) is 1. The van der Waals surface area contributed by atoms with Gasteiger partial charge in [0.2, 0.25) is 8.32 Å². The van der Waals surface area contributed by atoms with Gasteiger partial charge in [-0.25, -0.2) is 0 Å². The van der Waals surface area contributed by atoms with E-state index in [1.54, 1.807) is 11.1 Å². The Balaban J connectivity index is 1.38. The average Bonchev–Trinajstić information content (AvgIpc) is 3.10. The molecule has 3 aliphatic carbocycles. The van der Waals surface area contributed by atoms with Gasteiger partial charge >= 0.3 is 0 Å². The van der Waals surface area contributed by atoms with Crippen LogP contribution in [0.15, 0.2) is 42.7 Å². The fourth-order valence-electron chi connectivity index (χ4n) is 7.20. The Morgan fingerprint density at radius 2 is 1.88 bits per heavy atom. The molecular formula is C29H41NOSi. The highest BCUT2D eigenvalue weighted by Crippen LogP contribution is 2.65. The van der Waals surface area contributed by atoms with Gasteiger partial charge in [0.05, 0.1) is 0 Å². The van der Waals surface area contributed by atoms with Crippen LogP contribution in [0.1, 0.15) is 88.3 Å². The van der Waals surface area contributed by atoms with Gasteiger partial charge < -0.3 is 4.43 Å². The molecule has 0 amide bonds. The monoisotopic (exact) mass is 447 g/mol. The van der Waals surface area contributed by atoms with Crippen molar-refractivity contribution >= 4 is 8.32 Å². The fourth-order valence-corrected chi connectivity index (χ4v) is 8.22. The molecule has 3 aliphatic rings. The van der Waals surface area contributed by atoms with Crippen molar-refractivity contribution in [3.63, 3.8) is 0 Å². The molecule has 5 rings (SSSR count). The van der Waals surface area contributed by atoms with Gasteiger partial charge in [-0.15, -0.1) is 0 Å². The number of hydrogen-bond donors (Lipinski definition) is 0. The first-order valence-corrected chi connectivity index (χ1v) is 15.7. The molecule has 3 heteroatoms. The van der Waals surface area contributed by atoms with Crippen LogP contribution < -0.4 is 4.43 Å². The molecule has 0 unspecified atom stereocenters. The van der Waals surface area contributed by atoms with Crippen LogP contribution in [0.25, 0.3) is 0 Å². The lowest BCUT2D eigenvalue weighted by molar-refractivity contribution is 0.0481. The Kier molecular flexibility index (Phi) is 5.35. The molecule has 0 radical (unpaired) electrons. The zero-order chi connectivity index (χ0) is 22.7. The second kappa shape index (κ2) is 7.72. The minimum absolute atomic E-state index is 0.231. The lowest BCUT2D eigenvalue weighted by Crippen LogP contribution is -2.44. The molecule has 32 heavy (non-hydrogen) atoms. The molecule has 0 N–H and O–H groups in total. The summed E-state index contributed by atoms with van der Waals surface area (Å²) in [6.07, 6.45) is 12.0. The minimum atomic E-state index is -1.80. The smallest absolute Gasteiger partial charge is 0.250 e. The summed E-state index contributed by atoms with van der Waals surface area (Å²) >= 11 is 0. The van der Waals surface area contributed by atoms with Crippen LogP contribution in [0.2, 0.25) is 18.1 Å². The number of hydrogen-bond acceptors (Lipinski definition) is 2. The van der Waals surface area contributed by atoms with E-state index in [-0.39, 0.29) is 5.04 Å². The van der Waals surface area contributed by atoms with Crippen LogP contribution in [0.3, 0.4) is 0 Å². The molecule has 2 aromatic rings. The van der Waals surface area contributed by atoms with Crippen molar-refractivity contribution in [3.8, 4) is 5.75 Å². The minimum Gasteiger partial charge on any atom is -0.543 e. The van der Waals surface area contributed by atoms with E-state index in [0.29, 0.717) is 11.3 Å². The zero-order valence-corrected chi connectivity index (χ0v) is 21.9. The zero-order valence-electron chi connectivity index (χ0n) is 20.9. The second-order valence-electron chi connectivity index (χ2n) is 12.6. The fraction of sp³-hybridized carbons (Fsp3) is 0.621. The molecular weight excluding hydrogens is 406 g/mol. The number of aromatic nitrogens is 1. The Labute approximate surface area is 196 Å². The van der Waals surface area contributed by atoms with E-state index in [2.05, 4.69) is 82.3 Å². The number of pyridine rings is 1.